The molecular weight excluding hydrogens is 293 g/mol. The van der Waals surface area contributed by atoms with Crippen molar-refractivity contribution in [3.05, 3.63) is 23.1 Å². The zero-order valence-corrected chi connectivity index (χ0v) is 12.5. The molecule has 20 heavy (non-hydrogen) atoms. The molecule has 4 atom stereocenters. The third-order valence-corrected chi connectivity index (χ3v) is 6.13. The maximum atomic E-state index is 6.12. The van der Waals surface area contributed by atoms with Crippen LogP contribution >= 0.6 is 23.2 Å². The summed E-state index contributed by atoms with van der Waals surface area (Å²) in [6, 6.07) is 2.48. The molecule has 3 saturated carbocycles. The molecule has 0 amide bonds. The number of aromatic nitrogens is 3. The molecule has 2 bridgehead atoms. The van der Waals surface area contributed by atoms with Gasteiger partial charge in [0.25, 0.3) is 0 Å². The van der Waals surface area contributed by atoms with E-state index in [9.17, 15) is 0 Å². The van der Waals surface area contributed by atoms with Crippen molar-refractivity contribution in [1.82, 2.24) is 14.5 Å². The van der Waals surface area contributed by atoms with Crippen LogP contribution in [0.5, 0.6) is 0 Å². The zero-order valence-electron chi connectivity index (χ0n) is 11.0. The van der Waals surface area contributed by atoms with Gasteiger partial charge in [-0.2, -0.15) is 0 Å². The number of pyridine rings is 1. The average molecular weight is 308 g/mol. The fourth-order valence-corrected chi connectivity index (χ4v) is 5.38. The highest BCUT2D eigenvalue weighted by Crippen LogP contribution is 2.71. The van der Waals surface area contributed by atoms with Crippen LogP contribution in [0.4, 0.5) is 0 Å². The Morgan fingerprint density at radius 2 is 2.00 bits per heavy atom. The second-order valence-corrected chi connectivity index (χ2v) is 7.21. The minimum Gasteiger partial charge on any atom is -0.308 e. The van der Waals surface area contributed by atoms with Crippen LogP contribution in [0.1, 0.15) is 31.1 Å². The maximum Gasteiger partial charge on any atom is 0.160 e. The lowest BCUT2D eigenvalue weighted by Gasteiger charge is -2.12. The molecule has 4 unspecified atom stereocenters. The fraction of sp³-hybridized carbons (Fsp3) is 0.600. The molecule has 2 heterocycles. The van der Waals surface area contributed by atoms with E-state index in [4.69, 9.17) is 23.2 Å². The van der Waals surface area contributed by atoms with Crippen molar-refractivity contribution in [2.75, 3.05) is 0 Å². The van der Waals surface area contributed by atoms with Crippen molar-refractivity contribution < 1.29 is 0 Å². The van der Waals surface area contributed by atoms with Crippen LogP contribution in [-0.4, -0.2) is 14.5 Å². The third-order valence-electron chi connectivity index (χ3n) is 5.68. The van der Waals surface area contributed by atoms with Gasteiger partial charge < -0.3 is 4.57 Å². The highest BCUT2D eigenvalue weighted by atomic mass is 35.5. The third kappa shape index (κ3) is 1.38. The van der Waals surface area contributed by atoms with Crippen LogP contribution in [0.3, 0.4) is 0 Å². The monoisotopic (exact) mass is 307 g/mol. The molecule has 0 radical (unpaired) electrons. The first-order valence-corrected chi connectivity index (χ1v) is 8.27. The average Bonchev–Trinajstić information content (AvgIpc) is 2.80. The first-order valence-electron chi connectivity index (χ1n) is 7.36. The summed E-state index contributed by atoms with van der Waals surface area (Å²) in [4.78, 5) is 9.15. The van der Waals surface area contributed by atoms with E-state index in [1.54, 1.807) is 6.20 Å². The topological polar surface area (TPSA) is 30.7 Å². The second-order valence-electron chi connectivity index (χ2n) is 6.51. The van der Waals surface area contributed by atoms with Gasteiger partial charge in [-0.05, 0) is 49.0 Å². The lowest BCUT2D eigenvalue weighted by molar-refractivity contribution is 0.453. The molecule has 3 fully saturated rings. The number of rotatable bonds is 2. The number of halogens is 2. The second kappa shape index (κ2) is 3.89. The number of nitrogens with zero attached hydrogens (tertiary/aromatic N) is 3. The van der Waals surface area contributed by atoms with E-state index in [2.05, 4.69) is 14.5 Å². The summed E-state index contributed by atoms with van der Waals surface area (Å²) in [5.41, 5.74) is 1.84. The van der Waals surface area contributed by atoms with E-state index in [-0.39, 0.29) is 0 Å². The Morgan fingerprint density at radius 1 is 1.25 bits per heavy atom. The van der Waals surface area contributed by atoms with Crippen molar-refractivity contribution in [2.45, 2.75) is 31.2 Å². The smallest absolute Gasteiger partial charge is 0.160 e. The Balaban J connectivity index is 1.65. The van der Waals surface area contributed by atoms with Gasteiger partial charge in [-0.3, -0.25) is 0 Å². The van der Waals surface area contributed by atoms with Gasteiger partial charge >= 0.3 is 0 Å². The Bertz CT molecular complexity index is 694. The molecule has 5 heteroatoms. The van der Waals surface area contributed by atoms with Gasteiger partial charge in [0.05, 0.1) is 10.9 Å². The standard InChI is InChI=1S/C15H15Cl2N3/c16-5-11-19-10-4-9(17)6-18-15(10)20(11)14-12-7-1-2-8(3-7)13(12)14/h4,6-8,12-14H,1-3,5H2. The van der Waals surface area contributed by atoms with Crippen molar-refractivity contribution in [3.8, 4) is 0 Å². The van der Waals surface area contributed by atoms with Crippen LogP contribution in [0.25, 0.3) is 11.2 Å². The minimum absolute atomic E-state index is 0.444. The summed E-state index contributed by atoms with van der Waals surface area (Å²) in [6.07, 6.45) is 6.01. The molecule has 2 aromatic rings. The van der Waals surface area contributed by atoms with Gasteiger partial charge in [-0.1, -0.05) is 11.6 Å². The maximum absolute atomic E-state index is 6.12. The Morgan fingerprint density at radius 3 is 2.70 bits per heavy atom. The molecule has 0 saturated heterocycles. The predicted molar refractivity (Wildman–Crippen MR) is 78.9 cm³/mol. The SMILES string of the molecule is ClCc1nc2cc(Cl)cnc2n1C1C2C3CCC(C3)C21. The summed E-state index contributed by atoms with van der Waals surface area (Å²) >= 11 is 12.1. The predicted octanol–water partition coefficient (Wildman–Crippen LogP) is 4.04. The highest BCUT2D eigenvalue weighted by molar-refractivity contribution is 6.31. The molecule has 3 aliphatic carbocycles. The van der Waals surface area contributed by atoms with E-state index < -0.39 is 0 Å². The van der Waals surface area contributed by atoms with Gasteiger partial charge in [0, 0.05) is 12.2 Å². The van der Waals surface area contributed by atoms with Gasteiger partial charge in [-0.15, -0.1) is 11.6 Å². The molecule has 104 valence electrons. The van der Waals surface area contributed by atoms with Crippen LogP contribution in [0, 0.1) is 23.7 Å². The largest absolute Gasteiger partial charge is 0.308 e. The normalized spacial score (nSPS) is 37.6. The van der Waals surface area contributed by atoms with Gasteiger partial charge in [-0.25, -0.2) is 9.97 Å². The Labute approximate surface area is 127 Å². The lowest BCUT2D eigenvalue weighted by Crippen LogP contribution is -2.08. The molecule has 5 rings (SSSR count). The molecule has 0 aromatic carbocycles. The fourth-order valence-electron chi connectivity index (χ4n) is 5.04. The van der Waals surface area contributed by atoms with Gasteiger partial charge in [0.1, 0.15) is 11.3 Å². The molecule has 0 spiro atoms. The van der Waals surface area contributed by atoms with E-state index in [1.165, 1.54) is 19.3 Å². The van der Waals surface area contributed by atoms with Gasteiger partial charge in [0.15, 0.2) is 5.65 Å². The minimum atomic E-state index is 0.444. The summed E-state index contributed by atoms with van der Waals surface area (Å²) in [7, 11) is 0. The Kier molecular flexibility index (Phi) is 2.30. The van der Waals surface area contributed by atoms with E-state index in [0.29, 0.717) is 16.9 Å². The summed E-state index contributed by atoms with van der Waals surface area (Å²) in [5.74, 6) is 4.97. The molecule has 3 aliphatic rings. The lowest BCUT2D eigenvalue weighted by atomic mass is 10.0. The number of fused-ring (bicyclic) bond motifs is 6. The van der Waals surface area contributed by atoms with Crippen LogP contribution in [-0.2, 0) is 5.88 Å². The number of imidazole rings is 1. The Hall–Kier alpha value is -0.800. The van der Waals surface area contributed by atoms with E-state index in [0.717, 1.165) is 40.7 Å². The van der Waals surface area contributed by atoms with Crippen molar-refractivity contribution in [3.63, 3.8) is 0 Å². The molecule has 3 nitrogen and oxygen atoms in total. The number of alkyl halides is 1. The highest BCUT2D eigenvalue weighted by Gasteiger charge is 2.66. The van der Waals surface area contributed by atoms with E-state index in [1.807, 2.05) is 6.07 Å². The van der Waals surface area contributed by atoms with Crippen molar-refractivity contribution >= 4 is 34.4 Å². The van der Waals surface area contributed by atoms with Gasteiger partial charge in [0.2, 0.25) is 0 Å². The van der Waals surface area contributed by atoms with E-state index >= 15 is 0 Å². The van der Waals surface area contributed by atoms with Crippen LogP contribution < -0.4 is 0 Å². The zero-order chi connectivity index (χ0) is 13.4. The summed E-state index contributed by atoms with van der Waals surface area (Å²) in [5, 5.41) is 0.638. The molecule has 2 aromatic heterocycles. The molecular formula is C15H15Cl2N3. The first kappa shape index (κ1) is 11.8. The van der Waals surface area contributed by atoms with Crippen LogP contribution in [0.15, 0.2) is 12.3 Å². The quantitative estimate of drug-likeness (QED) is 0.784. The van der Waals surface area contributed by atoms with Crippen LogP contribution in [0.2, 0.25) is 5.02 Å². The number of hydrogen-bond donors (Lipinski definition) is 0. The first-order chi connectivity index (χ1) is 9.78. The van der Waals surface area contributed by atoms with Crippen molar-refractivity contribution in [1.29, 1.82) is 0 Å². The molecule has 0 N–H and O–H groups in total. The summed E-state index contributed by atoms with van der Waals surface area (Å²) < 4.78 is 2.32. The number of hydrogen-bond acceptors (Lipinski definition) is 2. The van der Waals surface area contributed by atoms with Crippen molar-refractivity contribution in [2.24, 2.45) is 23.7 Å². The molecule has 0 aliphatic heterocycles. The summed E-state index contributed by atoms with van der Waals surface area (Å²) in [6.45, 7) is 0.